The van der Waals surface area contributed by atoms with E-state index in [9.17, 15) is 19.1 Å². The summed E-state index contributed by atoms with van der Waals surface area (Å²) in [6.07, 6.45) is 0. The average Bonchev–Trinajstić information content (AvgIpc) is 2.95. The lowest BCUT2D eigenvalue weighted by Crippen LogP contribution is -2.11. The molecule has 0 fully saturated rings. The minimum atomic E-state index is -1.25. The number of furan rings is 1. The Balaban J connectivity index is 1.75. The van der Waals surface area contributed by atoms with Crippen molar-refractivity contribution >= 4 is 11.9 Å². The molecule has 0 aliphatic carbocycles. The zero-order chi connectivity index (χ0) is 18.5. The Labute approximate surface area is 147 Å². The summed E-state index contributed by atoms with van der Waals surface area (Å²) >= 11 is 0. The molecule has 0 amide bonds. The Kier molecular flexibility index (Phi) is 4.98. The summed E-state index contributed by atoms with van der Waals surface area (Å²) in [6.45, 7) is -0.525. The number of benzene rings is 2. The van der Waals surface area contributed by atoms with Crippen LogP contribution >= 0.6 is 0 Å². The van der Waals surface area contributed by atoms with Gasteiger partial charge in [0.25, 0.3) is 0 Å². The Bertz CT molecular complexity index is 918. The highest BCUT2D eigenvalue weighted by Gasteiger charge is 2.26. The van der Waals surface area contributed by atoms with E-state index < -0.39 is 36.1 Å². The third-order valence-electron chi connectivity index (χ3n) is 3.41. The van der Waals surface area contributed by atoms with E-state index in [1.54, 1.807) is 48.5 Å². The van der Waals surface area contributed by atoms with E-state index in [0.29, 0.717) is 0 Å². The van der Waals surface area contributed by atoms with E-state index in [2.05, 4.69) is 0 Å². The molecule has 132 valence electrons. The molecule has 3 aromatic rings. The summed E-state index contributed by atoms with van der Waals surface area (Å²) in [7, 11) is 0. The Hall–Kier alpha value is -3.61. The first-order valence-corrected chi connectivity index (χ1v) is 7.56. The molecule has 0 aliphatic heterocycles. The van der Waals surface area contributed by atoms with Gasteiger partial charge in [-0.1, -0.05) is 36.4 Å². The van der Waals surface area contributed by atoms with E-state index in [-0.39, 0.29) is 16.9 Å². The molecular weight excluding hydrogens is 343 g/mol. The van der Waals surface area contributed by atoms with Gasteiger partial charge < -0.3 is 19.0 Å². The first-order chi connectivity index (χ1) is 12.6. The monoisotopic (exact) mass is 356 g/mol. The summed E-state index contributed by atoms with van der Waals surface area (Å²) in [6, 6.07) is 16.0. The highest BCUT2D eigenvalue weighted by Crippen LogP contribution is 2.34. The quantitative estimate of drug-likeness (QED) is 0.702. The number of carbonyl (C=O) groups excluding carboxylic acids is 2. The van der Waals surface area contributed by atoms with Crippen molar-refractivity contribution in [1.29, 1.82) is 0 Å². The van der Waals surface area contributed by atoms with Gasteiger partial charge in [-0.25, -0.2) is 9.59 Å². The molecule has 7 heteroatoms. The van der Waals surface area contributed by atoms with Gasteiger partial charge in [-0.3, -0.25) is 0 Å². The Morgan fingerprint density at radius 3 is 2.04 bits per heavy atom. The second-order valence-corrected chi connectivity index (χ2v) is 5.17. The second-order valence-electron chi connectivity index (χ2n) is 5.17. The number of esters is 2. The maximum Gasteiger partial charge on any atom is 0.343 e. The van der Waals surface area contributed by atoms with Gasteiger partial charge in [0, 0.05) is 0 Å². The molecule has 0 radical (unpaired) electrons. The highest BCUT2D eigenvalue weighted by atomic mass is 19.1. The van der Waals surface area contributed by atoms with Crippen molar-refractivity contribution in [1.82, 2.24) is 0 Å². The summed E-state index contributed by atoms with van der Waals surface area (Å²) in [4.78, 5) is 24.0. The predicted molar refractivity (Wildman–Crippen MR) is 87.3 cm³/mol. The molecule has 1 heterocycles. The van der Waals surface area contributed by atoms with Gasteiger partial charge in [-0.2, -0.15) is 4.39 Å². The van der Waals surface area contributed by atoms with Crippen LogP contribution in [-0.4, -0.2) is 17.0 Å². The van der Waals surface area contributed by atoms with Crippen LogP contribution in [0.25, 0.3) is 0 Å². The molecule has 6 nitrogen and oxygen atoms in total. The third kappa shape index (κ3) is 3.72. The van der Waals surface area contributed by atoms with Crippen LogP contribution in [-0.2, 0) is 11.3 Å². The van der Waals surface area contributed by atoms with Gasteiger partial charge in [-0.05, 0) is 24.3 Å². The molecule has 2 aromatic carbocycles. The molecule has 0 spiro atoms. The number of hydrogen-bond acceptors (Lipinski definition) is 6. The summed E-state index contributed by atoms with van der Waals surface area (Å²) in [5.41, 5.74) is 0.464. The van der Waals surface area contributed by atoms with Crippen LogP contribution in [0.1, 0.15) is 26.5 Å². The van der Waals surface area contributed by atoms with Crippen molar-refractivity contribution in [2.75, 3.05) is 0 Å². The highest BCUT2D eigenvalue weighted by molar-refractivity contribution is 5.91. The molecule has 0 bridgehead atoms. The van der Waals surface area contributed by atoms with E-state index in [1.807, 2.05) is 0 Å². The van der Waals surface area contributed by atoms with Crippen molar-refractivity contribution in [2.24, 2.45) is 0 Å². The van der Waals surface area contributed by atoms with Gasteiger partial charge in [0.1, 0.15) is 0 Å². The number of carbonyl (C=O) groups is 2. The van der Waals surface area contributed by atoms with Crippen molar-refractivity contribution in [3.63, 3.8) is 0 Å². The van der Waals surface area contributed by atoms with Gasteiger partial charge in [0.15, 0.2) is 12.4 Å². The second kappa shape index (κ2) is 7.52. The average molecular weight is 356 g/mol. The van der Waals surface area contributed by atoms with Crippen LogP contribution in [0.15, 0.2) is 65.1 Å². The minimum absolute atomic E-state index is 0.180. The van der Waals surface area contributed by atoms with E-state index >= 15 is 0 Å². The number of rotatable bonds is 5. The van der Waals surface area contributed by atoms with Crippen LogP contribution in [0.2, 0.25) is 0 Å². The molecule has 0 aliphatic rings. The van der Waals surface area contributed by atoms with E-state index in [4.69, 9.17) is 13.9 Å². The molecule has 3 rings (SSSR count). The van der Waals surface area contributed by atoms with Crippen molar-refractivity contribution < 1.29 is 33.0 Å². The number of aromatic hydroxyl groups is 1. The first-order valence-electron chi connectivity index (χ1n) is 7.56. The molecule has 0 atom stereocenters. The smallest absolute Gasteiger partial charge is 0.343 e. The van der Waals surface area contributed by atoms with Gasteiger partial charge in [-0.15, -0.1) is 0 Å². The Morgan fingerprint density at radius 2 is 1.46 bits per heavy atom. The topological polar surface area (TPSA) is 86.0 Å². The van der Waals surface area contributed by atoms with Gasteiger partial charge in [0.2, 0.25) is 11.6 Å². The maximum absolute atomic E-state index is 14.0. The van der Waals surface area contributed by atoms with Crippen molar-refractivity contribution in [3.05, 3.63) is 83.4 Å². The SMILES string of the molecule is O=C(OCc1oc(O)c(F)c1OC(=O)c1ccccc1)c1ccccc1. The molecule has 0 saturated carbocycles. The molecule has 0 unspecified atom stereocenters. The van der Waals surface area contributed by atoms with Crippen molar-refractivity contribution in [2.45, 2.75) is 6.61 Å². The molecule has 26 heavy (non-hydrogen) atoms. The lowest BCUT2D eigenvalue weighted by molar-refractivity contribution is 0.0435. The van der Waals surface area contributed by atoms with Gasteiger partial charge >= 0.3 is 17.9 Å². The fourth-order valence-corrected chi connectivity index (χ4v) is 2.14. The van der Waals surface area contributed by atoms with E-state index in [0.717, 1.165) is 0 Å². The summed E-state index contributed by atoms with van der Waals surface area (Å²) in [5, 5.41) is 9.41. The minimum Gasteiger partial charge on any atom is -0.478 e. The predicted octanol–water partition coefficient (Wildman–Crippen LogP) is 3.70. The van der Waals surface area contributed by atoms with Crippen LogP contribution < -0.4 is 4.74 Å². The summed E-state index contributed by atoms with van der Waals surface area (Å²) in [5.74, 6) is -4.79. The van der Waals surface area contributed by atoms with Crippen LogP contribution in [0.5, 0.6) is 11.7 Å². The maximum atomic E-state index is 14.0. The fraction of sp³-hybridized carbons (Fsp3) is 0.0526. The molecular formula is C19H13FO6. The normalized spacial score (nSPS) is 10.3. The standard InChI is InChI=1S/C19H13FO6/c20-15-16(26-18(22)13-9-5-2-6-10-13)14(25-19(15)23)11-24-17(21)12-7-3-1-4-8-12/h1-10,23H,11H2. The zero-order valence-corrected chi connectivity index (χ0v) is 13.3. The number of hydrogen-bond donors (Lipinski definition) is 1. The third-order valence-corrected chi connectivity index (χ3v) is 3.41. The lowest BCUT2D eigenvalue weighted by atomic mass is 10.2. The largest absolute Gasteiger partial charge is 0.478 e. The van der Waals surface area contributed by atoms with Gasteiger partial charge in [0.05, 0.1) is 11.1 Å². The first kappa shape index (κ1) is 17.2. The van der Waals surface area contributed by atoms with E-state index in [1.165, 1.54) is 12.1 Å². The molecule has 0 saturated heterocycles. The number of halogens is 1. The zero-order valence-electron chi connectivity index (χ0n) is 13.3. The molecule has 1 N–H and O–H groups in total. The van der Waals surface area contributed by atoms with Crippen LogP contribution in [0, 0.1) is 5.82 Å². The Morgan fingerprint density at radius 1 is 0.923 bits per heavy atom. The summed E-state index contributed by atoms with van der Waals surface area (Å²) < 4.78 is 28.7. The van der Waals surface area contributed by atoms with Crippen LogP contribution in [0.4, 0.5) is 4.39 Å². The fourth-order valence-electron chi connectivity index (χ4n) is 2.14. The lowest BCUT2D eigenvalue weighted by Gasteiger charge is -2.06. The van der Waals surface area contributed by atoms with Crippen molar-refractivity contribution in [3.8, 4) is 11.7 Å². The van der Waals surface area contributed by atoms with Crippen LogP contribution in [0.3, 0.4) is 0 Å². The molecule has 1 aromatic heterocycles. The number of ether oxygens (including phenoxy) is 2.